The van der Waals surface area contributed by atoms with Crippen molar-refractivity contribution in [2.45, 2.75) is 38.6 Å². The van der Waals surface area contributed by atoms with Crippen LogP contribution in [0.4, 0.5) is 0 Å². The van der Waals surface area contributed by atoms with E-state index in [0.717, 1.165) is 5.56 Å². The molecule has 0 aliphatic rings. The predicted octanol–water partition coefficient (Wildman–Crippen LogP) is 4.16. The monoisotopic (exact) mass is 352 g/mol. The van der Waals surface area contributed by atoms with Crippen molar-refractivity contribution in [1.29, 1.82) is 0 Å². The van der Waals surface area contributed by atoms with Crippen LogP contribution in [0.5, 0.6) is 17.2 Å². The molecule has 2 aromatic rings. The number of aliphatic hydroxyl groups is 1. The van der Waals surface area contributed by atoms with Gasteiger partial charge in [-0.05, 0) is 61.5 Å². The van der Waals surface area contributed by atoms with E-state index in [-0.39, 0.29) is 30.1 Å². The molecule has 4 nitrogen and oxygen atoms in total. The lowest BCUT2D eigenvalue weighted by atomic mass is 10.0. The predicted molar refractivity (Wildman–Crippen MR) is 99.8 cm³/mol. The van der Waals surface area contributed by atoms with E-state index in [4.69, 9.17) is 25.2 Å². The molecular weight excluding hydrogens is 316 g/mol. The summed E-state index contributed by atoms with van der Waals surface area (Å²) in [6.45, 7) is -1.26. The molecule has 2 aromatic carbocycles. The summed E-state index contributed by atoms with van der Waals surface area (Å²) in [4.78, 5) is 0. The van der Waals surface area contributed by atoms with Crippen molar-refractivity contribution in [3.63, 3.8) is 0 Å². The zero-order valence-electron chi connectivity index (χ0n) is 22.3. The van der Waals surface area contributed by atoms with Crippen LogP contribution in [0.3, 0.4) is 0 Å². The van der Waals surface area contributed by atoms with Gasteiger partial charge in [0.05, 0.1) is 28.5 Å². The average molecular weight is 352 g/mol. The standard InChI is InChI=1S/C21H28O4/c1-16-7-6-10-19(13-16)25-15-18(22)9-5-4-8-17-11-12-20(23-2)21(14-17)24-3/h6-7,10-14,18,22H,4-5,8-9,15H2,1-3H3/i2D3,9D2,15D2,18D. The molecule has 0 fully saturated rings. The van der Waals surface area contributed by atoms with E-state index in [2.05, 4.69) is 0 Å². The maximum Gasteiger partial charge on any atom is 0.160 e. The van der Waals surface area contributed by atoms with Gasteiger partial charge in [-0.3, -0.25) is 0 Å². The molecule has 25 heavy (non-hydrogen) atoms. The van der Waals surface area contributed by atoms with Gasteiger partial charge in [0, 0.05) is 2.74 Å². The molecule has 0 heterocycles. The summed E-state index contributed by atoms with van der Waals surface area (Å²) in [7, 11) is -1.27. The molecule has 0 saturated heterocycles. The average Bonchev–Trinajstić information content (AvgIpc) is 2.67. The fraction of sp³-hybridized carbons (Fsp3) is 0.429. The molecule has 0 aliphatic heterocycles. The molecule has 2 rings (SSSR count). The lowest BCUT2D eigenvalue weighted by Crippen LogP contribution is -2.17. The van der Waals surface area contributed by atoms with Crippen LogP contribution in [0, 0.1) is 6.92 Å². The van der Waals surface area contributed by atoms with Crippen LogP contribution in [0.15, 0.2) is 42.5 Å². The van der Waals surface area contributed by atoms with Crippen LogP contribution in [-0.4, -0.2) is 31.9 Å². The van der Waals surface area contributed by atoms with Crippen molar-refractivity contribution in [2.24, 2.45) is 0 Å². The minimum Gasteiger partial charge on any atom is -0.493 e. The summed E-state index contributed by atoms with van der Waals surface area (Å²) >= 11 is 0. The largest absolute Gasteiger partial charge is 0.493 e. The second kappa shape index (κ2) is 9.94. The highest BCUT2D eigenvalue weighted by atomic mass is 16.5. The van der Waals surface area contributed by atoms with Crippen molar-refractivity contribution < 1.29 is 30.3 Å². The normalized spacial score (nSPS) is 19.5. The van der Waals surface area contributed by atoms with Gasteiger partial charge in [-0.1, -0.05) is 24.6 Å². The number of hydrogen-bond donors (Lipinski definition) is 1. The third-order valence-electron chi connectivity index (χ3n) is 3.53. The number of methoxy groups -OCH3 is 2. The maximum absolute atomic E-state index is 10.5. The summed E-state index contributed by atoms with van der Waals surface area (Å²) < 4.78 is 77.3. The first-order valence-corrected chi connectivity index (χ1v) is 7.92. The quantitative estimate of drug-likeness (QED) is 0.697. The van der Waals surface area contributed by atoms with E-state index in [0.29, 0.717) is 12.0 Å². The Labute approximate surface area is 161 Å². The van der Waals surface area contributed by atoms with Gasteiger partial charge in [0.1, 0.15) is 12.3 Å². The van der Waals surface area contributed by atoms with Gasteiger partial charge in [0.2, 0.25) is 0 Å². The Kier molecular flexibility index (Phi) is 4.26. The van der Waals surface area contributed by atoms with Crippen LogP contribution in [-0.2, 0) is 6.42 Å². The molecule has 0 aromatic heterocycles. The molecule has 0 aliphatic carbocycles. The molecule has 136 valence electrons. The fourth-order valence-electron chi connectivity index (χ4n) is 2.27. The first kappa shape index (κ1) is 10.7. The molecule has 0 amide bonds. The highest BCUT2D eigenvalue weighted by Crippen LogP contribution is 2.28. The zero-order valence-corrected chi connectivity index (χ0v) is 14.3. The summed E-state index contributed by atoms with van der Waals surface area (Å²) in [5.74, 6) is 0.318. The topological polar surface area (TPSA) is 47.9 Å². The molecule has 0 bridgehead atoms. The summed E-state index contributed by atoms with van der Waals surface area (Å²) in [6, 6.07) is 11.0. The number of ether oxygens (including phenoxy) is 3. The summed E-state index contributed by atoms with van der Waals surface area (Å²) in [5.41, 5.74) is 1.47. The van der Waals surface area contributed by atoms with Crippen molar-refractivity contribution in [3.05, 3.63) is 53.6 Å². The molecule has 1 N–H and O–H groups in total. The van der Waals surface area contributed by atoms with Gasteiger partial charge in [0.15, 0.2) is 11.5 Å². The minimum absolute atomic E-state index is 0.0404. The van der Waals surface area contributed by atoms with Crippen LogP contribution < -0.4 is 14.2 Å². The van der Waals surface area contributed by atoms with Gasteiger partial charge in [-0.15, -0.1) is 0 Å². The van der Waals surface area contributed by atoms with Gasteiger partial charge < -0.3 is 19.3 Å². The number of rotatable bonds is 10. The van der Waals surface area contributed by atoms with Crippen molar-refractivity contribution in [3.8, 4) is 17.2 Å². The minimum atomic E-state index is -3.20. The van der Waals surface area contributed by atoms with Crippen molar-refractivity contribution in [2.75, 3.05) is 20.7 Å². The smallest absolute Gasteiger partial charge is 0.160 e. The van der Waals surface area contributed by atoms with Crippen LogP contribution in [0.25, 0.3) is 0 Å². The zero-order chi connectivity index (χ0) is 25.1. The van der Waals surface area contributed by atoms with E-state index in [1.807, 2.05) is 0 Å². The van der Waals surface area contributed by atoms with E-state index >= 15 is 0 Å². The number of benzene rings is 2. The van der Waals surface area contributed by atoms with Gasteiger partial charge in [-0.25, -0.2) is 0 Å². The summed E-state index contributed by atoms with van der Waals surface area (Å²) in [5, 5.41) is 10.5. The lowest BCUT2D eigenvalue weighted by molar-refractivity contribution is 0.0976. The Hall–Kier alpha value is -2.20. The second-order valence-corrected chi connectivity index (χ2v) is 5.49. The Balaban J connectivity index is 2.07. The van der Waals surface area contributed by atoms with Gasteiger partial charge in [-0.2, -0.15) is 0 Å². The lowest BCUT2D eigenvalue weighted by Gasteiger charge is -2.13. The molecule has 0 radical (unpaired) electrons. The highest BCUT2D eigenvalue weighted by Gasteiger charge is 2.07. The number of hydrogen-bond acceptors (Lipinski definition) is 4. The number of aryl methyl sites for hydroxylation is 2. The molecular formula is C21H28O4. The SMILES string of the molecule is [2H]C([2H])([2H])Oc1ccc(CCCC([2H])([2H])C([2H])(O)C([2H])([2H])Oc2cccc(C)c2)cc1OC. The molecule has 4 heteroatoms. The third kappa shape index (κ3) is 6.31. The first-order valence-electron chi connectivity index (χ1n) is 11.9. The fourth-order valence-corrected chi connectivity index (χ4v) is 2.27. The van der Waals surface area contributed by atoms with E-state index in [1.54, 1.807) is 31.2 Å². The Morgan fingerprint density at radius 1 is 1.16 bits per heavy atom. The van der Waals surface area contributed by atoms with Gasteiger partial charge >= 0.3 is 0 Å². The molecule has 0 saturated carbocycles. The van der Waals surface area contributed by atoms with E-state index < -0.39 is 26.0 Å². The Morgan fingerprint density at radius 3 is 2.80 bits per heavy atom. The van der Waals surface area contributed by atoms with Crippen LogP contribution >= 0.6 is 0 Å². The second-order valence-electron chi connectivity index (χ2n) is 5.49. The summed E-state index contributed by atoms with van der Waals surface area (Å²) in [6.07, 6.45) is -5.70. The Bertz CT molecular complexity index is 944. The molecule has 1 atom stereocenters. The van der Waals surface area contributed by atoms with Crippen LogP contribution in [0.2, 0.25) is 0 Å². The van der Waals surface area contributed by atoms with Gasteiger partial charge in [0.25, 0.3) is 0 Å². The Morgan fingerprint density at radius 2 is 2.04 bits per heavy atom. The van der Waals surface area contributed by atoms with E-state index in [9.17, 15) is 5.11 Å². The van der Waals surface area contributed by atoms with Crippen molar-refractivity contribution >= 4 is 0 Å². The molecule has 0 spiro atoms. The highest BCUT2D eigenvalue weighted by molar-refractivity contribution is 5.42. The first-order chi connectivity index (χ1) is 15.1. The maximum atomic E-state index is 10.5. The third-order valence-corrected chi connectivity index (χ3v) is 3.53. The van der Waals surface area contributed by atoms with E-state index in [1.165, 1.54) is 25.3 Å². The molecule has 1 unspecified atom stereocenters. The van der Waals surface area contributed by atoms with Crippen molar-refractivity contribution in [1.82, 2.24) is 0 Å². The van der Waals surface area contributed by atoms with Crippen LogP contribution in [0.1, 0.15) is 41.3 Å².